The molecule has 3 rings (SSSR count). The van der Waals surface area contributed by atoms with Crippen LogP contribution in [0.25, 0.3) is 0 Å². The van der Waals surface area contributed by atoms with Crippen molar-refractivity contribution >= 4 is 28.8 Å². The predicted molar refractivity (Wildman–Crippen MR) is 107 cm³/mol. The van der Waals surface area contributed by atoms with Crippen LogP contribution in [0.4, 0.5) is 22.9 Å². The van der Waals surface area contributed by atoms with Gasteiger partial charge in [0.25, 0.3) is 5.91 Å². The van der Waals surface area contributed by atoms with E-state index in [0.717, 1.165) is 5.69 Å². The Balaban J connectivity index is 1.74. The van der Waals surface area contributed by atoms with E-state index in [1.54, 1.807) is 36.5 Å². The van der Waals surface area contributed by atoms with E-state index >= 15 is 0 Å². The number of para-hydroxylation sites is 1. The fourth-order valence-electron chi connectivity index (χ4n) is 2.51. The third-order valence-corrected chi connectivity index (χ3v) is 3.97. The zero-order chi connectivity index (χ0) is 19.2. The lowest BCUT2D eigenvalue weighted by atomic mass is 10.2. The molecular weight excluding hydrogens is 338 g/mol. The molecule has 6 heteroatoms. The summed E-state index contributed by atoms with van der Waals surface area (Å²) < 4.78 is 0. The maximum atomic E-state index is 12.5. The van der Waals surface area contributed by atoms with Gasteiger partial charge in [-0.15, -0.1) is 0 Å². The fraction of sp³-hybridized carbons (Fsp3) is 0.0952. The Morgan fingerprint density at radius 1 is 1.07 bits per heavy atom. The first-order valence-corrected chi connectivity index (χ1v) is 8.38. The van der Waals surface area contributed by atoms with Crippen LogP contribution >= 0.6 is 0 Å². The lowest BCUT2D eigenvalue weighted by Crippen LogP contribution is -2.13. The molecule has 134 valence electrons. The minimum absolute atomic E-state index is 0.230. The molecule has 0 saturated carbocycles. The van der Waals surface area contributed by atoms with Gasteiger partial charge in [0.15, 0.2) is 0 Å². The summed E-state index contributed by atoms with van der Waals surface area (Å²) in [5.74, 6) is 0.264. The zero-order valence-corrected chi connectivity index (χ0v) is 15.1. The number of benzene rings is 2. The van der Waals surface area contributed by atoms with Crippen LogP contribution in [0, 0.1) is 11.3 Å². The molecule has 27 heavy (non-hydrogen) atoms. The van der Waals surface area contributed by atoms with Crippen molar-refractivity contribution < 1.29 is 4.79 Å². The Kier molecular flexibility index (Phi) is 5.33. The molecule has 0 spiro atoms. The van der Waals surface area contributed by atoms with Gasteiger partial charge in [-0.2, -0.15) is 5.26 Å². The van der Waals surface area contributed by atoms with E-state index in [4.69, 9.17) is 0 Å². The van der Waals surface area contributed by atoms with Crippen LogP contribution in [-0.4, -0.2) is 25.0 Å². The maximum Gasteiger partial charge on any atom is 0.255 e. The van der Waals surface area contributed by atoms with Gasteiger partial charge < -0.3 is 15.5 Å². The van der Waals surface area contributed by atoms with Crippen molar-refractivity contribution in [3.8, 4) is 6.07 Å². The molecule has 0 unspecified atom stereocenters. The van der Waals surface area contributed by atoms with Gasteiger partial charge in [0.05, 0.1) is 11.3 Å². The van der Waals surface area contributed by atoms with Crippen molar-refractivity contribution in [1.29, 1.82) is 5.26 Å². The Morgan fingerprint density at radius 3 is 2.52 bits per heavy atom. The highest BCUT2D eigenvalue weighted by Gasteiger charge is 2.09. The second-order valence-corrected chi connectivity index (χ2v) is 6.11. The van der Waals surface area contributed by atoms with Crippen LogP contribution in [0.1, 0.15) is 15.9 Å². The number of pyridine rings is 1. The van der Waals surface area contributed by atoms with Crippen LogP contribution in [0.3, 0.4) is 0 Å². The van der Waals surface area contributed by atoms with E-state index in [9.17, 15) is 10.1 Å². The summed E-state index contributed by atoms with van der Waals surface area (Å²) in [6.07, 6.45) is 1.56. The first-order chi connectivity index (χ1) is 13.1. The van der Waals surface area contributed by atoms with E-state index in [-0.39, 0.29) is 5.91 Å². The van der Waals surface area contributed by atoms with Crippen LogP contribution in [0.2, 0.25) is 0 Å². The third kappa shape index (κ3) is 4.41. The summed E-state index contributed by atoms with van der Waals surface area (Å²) in [5.41, 5.74) is 3.39. The molecule has 0 aliphatic carbocycles. The minimum atomic E-state index is -0.230. The van der Waals surface area contributed by atoms with Gasteiger partial charge in [0.2, 0.25) is 0 Å². The van der Waals surface area contributed by atoms with Crippen molar-refractivity contribution in [2.24, 2.45) is 0 Å². The van der Waals surface area contributed by atoms with E-state index in [1.807, 2.05) is 49.3 Å². The average Bonchev–Trinajstić information content (AvgIpc) is 2.69. The van der Waals surface area contributed by atoms with Crippen molar-refractivity contribution in [3.05, 3.63) is 78.0 Å². The first kappa shape index (κ1) is 18.0. The second kappa shape index (κ2) is 8.02. The molecule has 0 aliphatic heterocycles. The largest absolute Gasteiger partial charge is 0.378 e. The van der Waals surface area contributed by atoms with Gasteiger partial charge in [-0.05, 0) is 48.5 Å². The molecule has 1 amide bonds. The Morgan fingerprint density at radius 2 is 1.81 bits per heavy atom. The smallest absolute Gasteiger partial charge is 0.255 e. The molecule has 6 nitrogen and oxygen atoms in total. The Labute approximate surface area is 158 Å². The normalized spacial score (nSPS) is 9.96. The van der Waals surface area contributed by atoms with Crippen LogP contribution in [-0.2, 0) is 0 Å². The number of nitrogens with zero attached hydrogens (tertiary/aromatic N) is 3. The number of hydrogen-bond donors (Lipinski definition) is 2. The fourth-order valence-corrected chi connectivity index (χ4v) is 2.51. The summed E-state index contributed by atoms with van der Waals surface area (Å²) in [6, 6.07) is 20.1. The Hall–Kier alpha value is -3.85. The van der Waals surface area contributed by atoms with Crippen molar-refractivity contribution in [3.63, 3.8) is 0 Å². The maximum absolute atomic E-state index is 12.5. The molecule has 0 fully saturated rings. The Bertz CT molecular complexity index is 990. The summed E-state index contributed by atoms with van der Waals surface area (Å²) in [6.45, 7) is 0. The summed E-state index contributed by atoms with van der Waals surface area (Å²) in [4.78, 5) is 18.7. The van der Waals surface area contributed by atoms with E-state index < -0.39 is 0 Å². The van der Waals surface area contributed by atoms with Gasteiger partial charge in [0.1, 0.15) is 11.9 Å². The van der Waals surface area contributed by atoms with E-state index in [0.29, 0.717) is 28.3 Å². The number of rotatable bonds is 5. The number of anilines is 4. The lowest BCUT2D eigenvalue weighted by Gasteiger charge is -2.13. The number of carbonyl (C=O) groups is 1. The highest BCUT2D eigenvalue weighted by molar-refractivity contribution is 6.04. The highest BCUT2D eigenvalue weighted by Crippen LogP contribution is 2.20. The highest BCUT2D eigenvalue weighted by atomic mass is 16.1. The number of nitriles is 1. The van der Waals surface area contributed by atoms with Gasteiger partial charge in [0, 0.05) is 37.2 Å². The standard InChI is InChI=1S/C21H19N5O/c1-26(2)18-9-7-17(8-10-18)24-21(27)15-11-12-23-20(13-15)25-19-6-4-3-5-16(19)14-22/h3-13H,1-2H3,(H,23,25)(H,24,27). The summed E-state index contributed by atoms with van der Waals surface area (Å²) in [5, 5.41) is 15.1. The van der Waals surface area contributed by atoms with Gasteiger partial charge in [-0.25, -0.2) is 4.98 Å². The zero-order valence-electron chi connectivity index (χ0n) is 15.1. The molecule has 2 aromatic carbocycles. The SMILES string of the molecule is CN(C)c1ccc(NC(=O)c2ccnc(Nc3ccccc3C#N)c2)cc1. The van der Waals surface area contributed by atoms with Crippen molar-refractivity contribution in [2.45, 2.75) is 0 Å². The van der Waals surface area contributed by atoms with E-state index in [1.165, 1.54) is 0 Å². The van der Waals surface area contributed by atoms with Crippen LogP contribution in [0.15, 0.2) is 66.9 Å². The monoisotopic (exact) mass is 357 g/mol. The average molecular weight is 357 g/mol. The molecule has 0 atom stereocenters. The second-order valence-electron chi connectivity index (χ2n) is 6.11. The molecule has 0 saturated heterocycles. The topological polar surface area (TPSA) is 81.1 Å². The van der Waals surface area contributed by atoms with Gasteiger partial charge in [-0.3, -0.25) is 4.79 Å². The number of nitrogens with one attached hydrogen (secondary N) is 2. The number of carbonyl (C=O) groups excluding carboxylic acids is 1. The van der Waals surface area contributed by atoms with Crippen LogP contribution in [0.5, 0.6) is 0 Å². The van der Waals surface area contributed by atoms with Crippen LogP contribution < -0.4 is 15.5 Å². The summed E-state index contributed by atoms with van der Waals surface area (Å²) >= 11 is 0. The lowest BCUT2D eigenvalue weighted by molar-refractivity contribution is 0.102. The molecule has 2 N–H and O–H groups in total. The quantitative estimate of drug-likeness (QED) is 0.721. The molecule has 1 aromatic heterocycles. The molecule has 0 aliphatic rings. The molecular formula is C21H19N5O. The van der Waals surface area contributed by atoms with Gasteiger partial charge in [-0.1, -0.05) is 12.1 Å². The number of hydrogen-bond acceptors (Lipinski definition) is 5. The third-order valence-electron chi connectivity index (χ3n) is 3.97. The summed E-state index contributed by atoms with van der Waals surface area (Å²) in [7, 11) is 3.92. The number of amides is 1. The number of aromatic nitrogens is 1. The molecule has 3 aromatic rings. The molecule has 0 bridgehead atoms. The first-order valence-electron chi connectivity index (χ1n) is 8.38. The minimum Gasteiger partial charge on any atom is -0.378 e. The van der Waals surface area contributed by atoms with Gasteiger partial charge >= 0.3 is 0 Å². The molecule has 0 radical (unpaired) electrons. The van der Waals surface area contributed by atoms with Crippen molar-refractivity contribution in [1.82, 2.24) is 4.98 Å². The predicted octanol–water partition coefficient (Wildman–Crippen LogP) is 4.02. The van der Waals surface area contributed by atoms with E-state index in [2.05, 4.69) is 21.7 Å². The molecule has 1 heterocycles. The van der Waals surface area contributed by atoms with Crippen molar-refractivity contribution in [2.75, 3.05) is 29.6 Å².